The number of halogens is 1. The Balaban J connectivity index is 2.46. The molecule has 2 aliphatic rings. The molecule has 37 heavy (non-hydrogen) atoms. The van der Waals surface area contributed by atoms with Gasteiger partial charge in [0.15, 0.2) is 0 Å². The van der Waals surface area contributed by atoms with E-state index in [1.54, 1.807) is 0 Å². The molecule has 0 amide bonds. The second-order valence-electron chi connectivity index (χ2n) is 13.1. The molecule has 1 aliphatic carbocycles. The highest BCUT2D eigenvalue weighted by molar-refractivity contribution is 6.77. The Morgan fingerprint density at radius 2 is 1.68 bits per heavy atom. The van der Waals surface area contributed by atoms with E-state index in [-0.39, 0.29) is 27.7 Å². The fraction of sp³-hybridized carbons (Fsp3) is 0.667. The monoisotopic (exact) mass is 547 g/mol. The lowest BCUT2D eigenvalue weighted by Gasteiger charge is -2.50. The maximum absolute atomic E-state index is 12.4. The van der Waals surface area contributed by atoms with Crippen molar-refractivity contribution >= 4 is 31.2 Å². The lowest BCUT2D eigenvalue weighted by molar-refractivity contribution is -0.385. The Kier molecular flexibility index (Phi) is 8.33. The van der Waals surface area contributed by atoms with Gasteiger partial charge in [-0.25, -0.2) is 0 Å². The van der Waals surface area contributed by atoms with Gasteiger partial charge in [0.25, 0.3) is 5.69 Å². The first-order valence-corrected chi connectivity index (χ1v) is 16.1. The highest BCUT2D eigenvalue weighted by Crippen LogP contribution is 2.61. The Morgan fingerprint density at radius 1 is 1.14 bits per heavy atom. The number of hydrogen-bond acceptors (Lipinski definition) is 4. The van der Waals surface area contributed by atoms with Crippen molar-refractivity contribution in [1.29, 1.82) is 0 Å². The summed E-state index contributed by atoms with van der Waals surface area (Å²) in [6.45, 7) is 26.1. The summed E-state index contributed by atoms with van der Waals surface area (Å²) in [4.78, 5) is 12.1. The number of nitro groups is 1. The molecule has 0 saturated heterocycles. The van der Waals surface area contributed by atoms with E-state index in [2.05, 4.69) is 81.4 Å². The van der Waals surface area contributed by atoms with Gasteiger partial charge in [0.2, 0.25) is 8.32 Å². The van der Waals surface area contributed by atoms with Gasteiger partial charge in [-0.15, -0.1) is 0 Å². The minimum absolute atomic E-state index is 0.00495. The molecule has 0 bridgehead atoms. The molecule has 0 saturated carbocycles. The summed E-state index contributed by atoms with van der Waals surface area (Å²) in [5.41, 5.74) is 4.90. The van der Waals surface area contributed by atoms with Gasteiger partial charge >= 0.3 is 0 Å². The van der Waals surface area contributed by atoms with Gasteiger partial charge < -0.3 is 9.16 Å². The standard InChI is InChI=1S/C30H46ClNO4Si/c1-17(2)13-14-21-25-22(15-24(31)27(21)32(33)34)23-16-29(9,10)36-30(11,12)26(23)28(25)35-37(18(3)4,19(5)6)20(7)8/h13,15-16,18-20,26,28H,14H2,1-12H3/t26-,28-/m1/s1. The third-order valence-corrected chi connectivity index (χ3v) is 14.7. The maximum Gasteiger partial charge on any atom is 0.291 e. The number of allylic oxidation sites excluding steroid dienone is 2. The Bertz CT molecular complexity index is 1110. The van der Waals surface area contributed by atoms with Gasteiger partial charge in [-0.05, 0) is 93.4 Å². The summed E-state index contributed by atoms with van der Waals surface area (Å²) < 4.78 is 14.2. The molecule has 1 aromatic carbocycles. The predicted molar refractivity (Wildman–Crippen MR) is 157 cm³/mol. The molecule has 0 unspecified atom stereocenters. The number of rotatable bonds is 8. The molecule has 0 aromatic heterocycles. The van der Waals surface area contributed by atoms with Gasteiger partial charge in [0.05, 0.1) is 22.2 Å². The van der Waals surface area contributed by atoms with Crippen LogP contribution in [0.25, 0.3) is 5.57 Å². The summed E-state index contributed by atoms with van der Waals surface area (Å²) in [7, 11) is -2.36. The second-order valence-corrected chi connectivity index (χ2v) is 18.9. The van der Waals surface area contributed by atoms with E-state index < -0.39 is 19.5 Å². The Morgan fingerprint density at radius 3 is 2.14 bits per heavy atom. The van der Waals surface area contributed by atoms with Crippen LogP contribution in [0.3, 0.4) is 0 Å². The summed E-state index contributed by atoms with van der Waals surface area (Å²) in [6.07, 6.45) is 4.32. The fourth-order valence-corrected chi connectivity index (χ4v) is 13.1. The van der Waals surface area contributed by atoms with E-state index in [0.29, 0.717) is 28.6 Å². The number of ether oxygens (including phenoxy) is 1. The number of benzene rings is 1. The lowest BCUT2D eigenvalue weighted by atomic mass is 9.78. The smallest absolute Gasteiger partial charge is 0.291 e. The third kappa shape index (κ3) is 5.24. The van der Waals surface area contributed by atoms with Gasteiger partial charge in [-0.2, -0.15) is 0 Å². The summed E-state index contributed by atoms with van der Waals surface area (Å²) in [5, 5.41) is 12.6. The second kappa shape index (κ2) is 10.3. The number of nitrogens with zero attached hydrogens (tertiary/aromatic N) is 1. The van der Waals surface area contributed by atoms with Gasteiger partial charge in [-0.3, -0.25) is 10.1 Å². The first-order valence-electron chi connectivity index (χ1n) is 13.6. The van der Waals surface area contributed by atoms with Crippen molar-refractivity contribution in [2.75, 3.05) is 0 Å². The molecule has 2 atom stereocenters. The van der Waals surface area contributed by atoms with Crippen molar-refractivity contribution in [2.24, 2.45) is 5.92 Å². The molecule has 0 radical (unpaired) electrons. The van der Waals surface area contributed by atoms with E-state index in [4.69, 9.17) is 20.8 Å². The van der Waals surface area contributed by atoms with Crippen LogP contribution in [0.1, 0.15) is 106 Å². The molecule has 1 aromatic rings. The molecular formula is C30H46ClNO4Si. The molecule has 3 rings (SSSR count). The zero-order chi connectivity index (χ0) is 28.2. The quantitative estimate of drug-likeness (QED) is 0.141. The molecule has 1 heterocycles. The molecular weight excluding hydrogens is 502 g/mol. The van der Waals surface area contributed by atoms with Crippen LogP contribution < -0.4 is 0 Å². The zero-order valence-electron chi connectivity index (χ0n) is 24.8. The zero-order valence-corrected chi connectivity index (χ0v) is 26.5. The molecule has 5 nitrogen and oxygen atoms in total. The topological polar surface area (TPSA) is 61.6 Å². The summed E-state index contributed by atoms with van der Waals surface area (Å²) in [5.74, 6) is -0.0952. The first kappa shape index (κ1) is 30.1. The van der Waals surface area contributed by atoms with Crippen LogP contribution >= 0.6 is 11.6 Å². The van der Waals surface area contributed by atoms with Gasteiger partial charge in [-0.1, -0.05) is 64.8 Å². The van der Waals surface area contributed by atoms with E-state index >= 15 is 0 Å². The van der Waals surface area contributed by atoms with Crippen molar-refractivity contribution in [3.8, 4) is 0 Å². The van der Waals surface area contributed by atoms with Crippen molar-refractivity contribution in [1.82, 2.24) is 0 Å². The first-order chi connectivity index (χ1) is 16.9. The van der Waals surface area contributed by atoms with Crippen LogP contribution in [0.2, 0.25) is 21.6 Å². The van der Waals surface area contributed by atoms with E-state index in [9.17, 15) is 10.1 Å². The normalized spacial score (nSPS) is 22.2. The minimum atomic E-state index is -2.36. The highest BCUT2D eigenvalue weighted by atomic mass is 35.5. The number of fused-ring (bicyclic) bond motifs is 3. The SMILES string of the molecule is CC(C)=CCc1c2c(cc(Cl)c1[N+](=O)[O-])C1=CC(C)(C)OC(C)(C)[C@H]1[C@@H]2O[Si](C(C)C)(C(C)C)C(C)C. The van der Waals surface area contributed by atoms with Gasteiger partial charge in [0.1, 0.15) is 5.02 Å². The minimum Gasteiger partial charge on any atom is -0.408 e. The molecule has 0 N–H and O–H groups in total. The van der Waals surface area contributed by atoms with Crippen LogP contribution in [-0.2, 0) is 15.6 Å². The van der Waals surface area contributed by atoms with Gasteiger partial charge in [0, 0.05) is 11.5 Å². The van der Waals surface area contributed by atoms with E-state index in [0.717, 1.165) is 22.3 Å². The summed E-state index contributed by atoms with van der Waals surface area (Å²) >= 11 is 6.68. The Hall–Kier alpha value is -1.47. The van der Waals surface area contributed by atoms with Crippen molar-refractivity contribution in [3.05, 3.63) is 55.6 Å². The Labute approximate surface area is 229 Å². The van der Waals surface area contributed by atoms with Crippen LogP contribution in [0.15, 0.2) is 23.8 Å². The number of nitro benzene ring substituents is 1. The van der Waals surface area contributed by atoms with Crippen LogP contribution in [-0.4, -0.2) is 24.4 Å². The molecule has 0 fully saturated rings. The van der Waals surface area contributed by atoms with Crippen LogP contribution in [0, 0.1) is 16.0 Å². The van der Waals surface area contributed by atoms with Crippen LogP contribution in [0.5, 0.6) is 0 Å². The average molecular weight is 548 g/mol. The largest absolute Gasteiger partial charge is 0.408 e. The van der Waals surface area contributed by atoms with E-state index in [1.807, 2.05) is 19.9 Å². The fourth-order valence-electron chi connectivity index (χ4n) is 7.29. The van der Waals surface area contributed by atoms with Crippen molar-refractivity contribution in [2.45, 2.75) is 123 Å². The van der Waals surface area contributed by atoms with Crippen molar-refractivity contribution in [3.63, 3.8) is 0 Å². The molecule has 1 aliphatic heterocycles. The molecule has 206 valence electrons. The number of hydrogen-bond donors (Lipinski definition) is 0. The third-order valence-electron chi connectivity index (χ3n) is 8.35. The lowest BCUT2D eigenvalue weighted by Crippen LogP contribution is -2.52. The average Bonchev–Trinajstić information content (AvgIpc) is 3.00. The molecule has 7 heteroatoms. The maximum atomic E-state index is 12.4. The van der Waals surface area contributed by atoms with Crippen molar-refractivity contribution < 1.29 is 14.1 Å². The van der Waals surface area contributed by atoms with E-state index in [1.165, 1.54) is 0 Å². The predicted octanol–water partition coefficient (Wildman–Crippen LogP) is 9.59. The summed E-state index contributed by atoms with van der Waals surface area (Å²) in [6, 6.07) is 1.81. The molecule has 0 spiro atoms. The highest BCUT2D eigenvalue weighted by Gasteiger charge is 2.57. The van der Waals surface area contributed by atoms with Crippen LogP contribution in [0.4, 0.5) is 5.69 Å².